The second kappa shape index (κ2) is 15.3. The fraction of sp³-hybridized carbons (Fsp3) is 0.265. The van der Waals surface area contributed by atoms with Crippen LogP contribution in [0.1, 0.15) is 44.9 Å². The lowest BCUT2D eigenvalue weighted by molar-refractivity contribution is -0.118. The number of hydrogen-bond acceptors (Lipinski definition) is 7. The van der Waals surface area contributed by atoms with Gasteiger partial charge in [0.1, 0.15) is 46.8 Å². The third kappa shape index (κ3) is 9.53. The number of ether oxygens (including phenoxy) is 2. The summed E-state index contributed by atoms with van der Waals surface area (Å²) in [5.74, 6) is -2.89. The zero-order valence-corrected chi connectivity index (χ0v) is 26.9. The Morgan fingerprint density at radius 2 is 1.82 bits per heavy atom. The van der Waals surface area contributed by atoms with Crippen molar-refractivity contribution in [2.75, 3.05) is 5.32 Å². The largest absolute Gasteiger partial charge is 0.487 e. The smallest absolute Gasteiger partial charge is 0.416 e. The number of anilines is 1. The first-order chi connectivity index (χ1) is 23.1. The molecule has 0 aliphatic rings. The number of carboxylic acid groups (broad SMARTS) is 1. The van der Waals surface area contributed by atoms with Crippen LogP contribution in [0.5, 0.6) is 5.75 Å². The van der Waals surface area contributed by atoms with Gasteiger partial charge in [-0.1, -0.05) is 18.2 Å². The van der Waals surface area contributed by atoms with E-state index in [0.29, 0.717) is 11.5 Å². The van der Waals surface area contributed by atoms with Crippen molar-refractivity contribution < 1.29 is 42.5 Å². The number of hydrogen-bond donors (Lipinski definition) is 4. The van der Waals surface area contributed by atoms with Crippen LogP contribution in [-0.2, 0) is 27.5 Å². The van der Waals surface area contributed by atoms with E-state index in [9.17, 15) is 37.9 Å². The molecule has 0 saturated heterocycles. The molecule has 49 heavy (non-hydrogen) atoms. The van der Waals surface area contributed by atoms with Gasteiger partial charge in [0, 0.05) is 23.2 Å². The molecule has 0 aliphatic carbocycles. The lowest BCUT2D eigenvalue weighted by Crippen LogP contribution is -2.46. The number of benzene rings is 2. The molecule has 0 spiro atoms. The number of rotatable bonds is 12. The quantitative estimate of drug-likeness (QED) is 0.153. The summed E-state index contributed by atoms with van der Waals surface area (Å²) in [7, 11) is 0. The second-order valence-corrected chi connectivity index (χ2v) is 11.9. The zero-order valence-electron chi connectivity index (χ0n) is 26.9. The topological polar surface area (TPSA) is 184 Å². The summed E-state index contributed by atoms with van der Waals surface area (Å²) < 4.78 is 40.7. The van der Waals surface area contributed by atoms with Crippen molar-refractivity contribution in [3.8, 4) is 5.75 Å². The molecule has 0 bridgehead atoms. The monoisotopic (exact) mass is 679 g/mol. The van der Waals surface area contributed by atoms with Gasteiger partial charge < -0.3 is 35.5 Å². The molecule has 0 aliphatic heterocycles. The molecule has 3 amide bonds. The van der Waals surface area contributed by atoms with Crippen LogP contribution in [0.15, 0.2) is 77.7 Å². The number of allylic oxidation sites excluding steroid dienone is 1. The van der Waals surface area contributed by atoms with Crippen LogP contribution in [0, 0.1) is 11.6 Å². The molecule has 5 N–H and O–H groups in total. The van der Waals surface area contributed by atoms with Crippen LogP contribution < -0.4 is 26.7 Å². The maximum absolute atomic E-state index is 14.2. The summed E-state index contributed by atoms with van der Waals surface area (Å²) in [6.45, 7) is 4.40. The van der Waals surface area contributed by atoms with Crippen molar-refractivity contribution in [2.24, 2.45) is 5.73 Å². The fourth-order valence-corrected chi connectivity index (χ4v) is 4.86. The number of carbonyl (C=O) groups excluding carboxylic acids is 3. The van der Waals surface area contributed by atoms with E-state index in [1.54, 1.807) is 39.0 Å². The van der Waals surface area contributed by atoms with Gasteiger partial charge in [-0.2, -0.15) is 0 Å². The standard InChI is InChI=1S/C34H35F2N5O8/c1-34(2,3)49-32(45)39-25(9-4-5-12-28(37)42)30(43)38-26-10-7-15-40(31(26)44)18-23-16-20-8-6-11-27(29(20)41(23)33(46)47)48-19-21-13-14-22(35)17-24(21)36/h5-8,10-17,25H,4,9,18-19H2,1-3H3,(H2,37,42)(H,38,43)(H,39,45)(H,46,47). The van der Waals surface area contributed by atoms with Gasteiger partial charge in [-0.3, -0.25) is 14.4 Å². The van der Waals surface area contributed by atoms with E-state index in [1.165, 1.54) is 41.1 Å². The van der Waals surface area contributed by atoms with E-state index in [4.69, 9.17) is 15.2 Å². The first-order valence-electron chi connectivity index (χ1n) is 15.0. The molecule has 1 atom stereocenters. The Balaban J connectivity index is 1.59. The van der Waals surface area contributed by atoms with E-state index in [0.717, 1.165) is 16.7 Å². The highest BCUT2D eigenvalue weighted by Crippen LogP contribution is 2.30. The van der Waals surface area contributed by atoms with E-state index >= 15 is 0 Å². The van der Waals surface area contributed by atoms with Crippen LogP contribution in [-0.4, -0.2) is 49.9 Å². The van der Waals surface area contributed by atoms with Crippen molar-refractivity contribution >= 4 is 40.6 Å². The number of nitrogens with one attached hydrogen (secondary N) is 2. The molecule has 15 heteroatoms. The van der Waals surface area contributed by atoms with Gasteiger partial charge in [0.25, 0.3) is 5.56 Å². The summed E-state index contributed by atoms with van der Waals surface area (Å²) in [4.78, 5) is 62.8. The molecule has 4 aromatic rings. The summed E-state index contributed by atoms with van der Waals surface area (Å²) in [5.41, 5.74) is 3.81. The Morgan fingerprint density at radius 1 is 1.06 bits per heavy atom. The molecule has 258 valence electrons. The van der Waals surface area contributed by atoms with Crippen LogP contribution in [0.2, 0.25) is 0 Å². The lowest BCUT2D eigenvalue weighted by Gasteiger charge is -2.23. The fourth-order valence-electron chi connectivity index (χ4n) is 4.86. The van der Waals surface area contributed by atoms with Crippen molar-refractivity contribution in [1.29, 1.82) is 0 Å². The highest BCUT2D eigenvalue weighted by Gasteiger charge is 2.25. The number of para-hydroxylation sites is 1. The molecule has 13 nitrogen and oxygen atoms in total. The van der Waals surface area contributed by atoms with Crippen LogP contribution in [0.4, 0.5) is 24.1 Å². The third-order valence-corrected chi connectivity index (χ3v) is 6.97. The number of aromatic nitrogens is 2. The Kier molecular flexibility index (Phi) is 11.2. The van der Waals surface area contributed by atoms with Crippen LogP contribution in [0.3, 0.4) is 0 Å². The molecule has 2 aromatic carbocycles. The summed E-state index contributed by atoms with van der Waals surface area (Å²) in [6, 6.07) is 11.0. The van der Waals surface area contributed by atoms with E-state index in [-0.39, 0.29) is 54.2 Å². The van der Waals surface area contributed by atoms with E-state index < -0.39 is 52.8 Å². The van der Waals surface area contributed by atoms with Crippen molar-refractivity contribution in [3.05, 3.63) is 106 Å². The zero-order chi connectivity index (χ0) is 35.9. The third-order valence-electron chi connectivity index (χ3n) is 6.97. The SMILES string of the molecule is CC(C)(C)OC(=O)NC(CCC=CC(N)=O)C(=O)Nc1cccn(Cc2cc3cccc(OCc4ccc(F)cc4F)c3n2C(=O)O)c1=O. The van der Waals surface area contributed by atoms with Crippen LogP contribution in [0.25, 0.3) is 10.9 Å². The second-order valence-electron chi connectivity index (χ2n) is 11.9. The van der Waals surface area contributed by atoms with E-state index in [2.05, 4.69) is 10.6 Å². The molecule has 2 aromatic heterocycles. The van der Waals surface area contributed by atoms with Gasteiger partial charge in [-0.15, -0.1) is 0 Å². The Morgan fingerprint density at radius 3 is 2.49 bits per heavy atom. The maximum atomic E-state index is 14.2. The predicted octanol–water partition coefficient (Wildman–Crippen LogP) is 4.89. The summed E-state index contributed by atoms with van der Waals surface area (Å²) in [5, 5.41) is 15.6. The lowest BCUT2D eigenvalue weighted by atomic mass is 10.1. The normalized spacial score (nSPS) is 12.1. The number of alkyl carbamates (subject to hydrolysis) is 1. The van der Waals surface area contributed by atoms with Gasteiger partial charge in [-0.25, -0.2) is 22.9 Å². The summed E-state index contributed by atoms with van der Waals surface area (Å²) in [6.07, 6.45) is 1.93. The minimum atomic E-state index is -1.38. The van der Waals surface area contributed by atoms with Gasteiger partial charge in [0.05, 0.1) is 12.2 Å². The van der Waals surface area contributed by atoms with E-state index in [1.807, 2.05) is 0 Å². The molecule has 4 rings (SSSR count). The van der Waals surface area contributed by atoms with Gasteiger partial charge in [-0.05, 0) is 76.1 Å². The van der Waals surface area contributed by atoms with Crippen molar-refractivity contribution in [2.45, 2.75) is 58.4 Å². The minimum Gasteiger partial charge on any atom is -0.487 e. The molecule has 0 radical (unpaired) electrons. The van der Waals surface area contributed by atoms with Gasteiger partial charge in [0.15, 0.2) is 0 Å². The average molecular weight is 680 g/mol. The first kappa shape index (κ1) is 35.9. The maximum Gasteiger partial charge on any atom is 0.416 e. The Labute approximate surface area is 278 Å². The molecule has 0 fully saturated rings. The highest BCUT2D eigenvalue weighted by molar-refractivity contribution is 5.96. The van der Waals surface area contributed by atoms with Crippen molar-refractivity contribution in [3.63, 3.8) is 0 Å². The predicted molar refractivity (Wildman–Crippen MR) is 175 cm³/mol. The number of nitrogens with two attached hydrogens (primary N) is 1. The van der Waals surface area contributed by atoms with Crippen molar-refractivity contribution in [1.82, 2.24) is 14.5 Å². The van der Waals surface area contributed by atoms with Crippen LogP contribution >= 0.6 is 0 Å². The molecular weight excluding hydrogens is 644 g/mol. The number of pyridine rings is 1. The summed E-state index contributed by atoms with van der Waals surface area (Å²) >= 11 is 0. The first-order valence-corrected chi connectivity index (χ1v) is 15.0. The number of halogens is 2. The number of amides is 3. The average Bonchev–Trinajstić information content (AvgIpc) is 3.38. The molecule has 2 heterocycles. The Bertz CT molecular complexity index is 1980. The number of nitrogens with zero attached hydrogens (tertiary/aromatic N) is 2. The number of primary amides is 1. The molecular formula is C34H35F2N5O8. The molecule has 0 saturated carbocycles. The van der Waals surface area contributed by atoms with Gasteiger partial charge in [0.2, 0.25) is 11.8 Å². The molecule has 1 unspecified atom stereocenters. The minimum absolute atomic E-state index is 0.0345. The Hall–Kier alpha value is -5.99. The van der Waals surface area contributed by atoms with Gasteiger partial charge >= 0.3 is 12.2 Å². The highest BCUT2D eigenvalue weighted by atomic mass is 19.1. The number of fused-ring (bicyclic) bond motifs is 1. The number of carbonyl (C=O) groups is 4.